The maximum absolute atomic E-state index is 13.2. The molecule has 0 spiro atoms. The Bertz CT molecular complexity index is 945. The van der Waals surface area contributed by atoms with Gasteiger partial charge in [0.25, 0.3) is 11.6 Å². The summed E-state index contributed by atoms with van der Waals surface area (Å²) in [6.07, 6.45) is 2.35. The first-order chi connectivity index (χ1) is 12.0. The summed E-state index contributed by atoms with van der Waals surface area (Å²) in [6.45, 7) is 2.54. The number of hydrogen-bond donors (Lipinski definition) is 0. The largest absolute Gasteiger partial charge is 0.341 e. The van der Waals surface area contributed by atoms with Crippen molar-refractivity contribution in [3.8, 4) is 11.3 Å². The lowest BCUT2D eigenvalue weighted by molar-refractivity contribution is 0.0790. The van der Waals surface area contributed by atoms with Crippen molar-refractivity contribution in [2.45, 2.75) is 19.8 Å². The molecule has 1 aromatic carbocycles. The molecule has 6 heteroatoms. The average Bonchev–Trinajstić information content (AvgIpc) is 3.35. The predicted molar refractivity (Wildman–Crippen MR) is 91.6 cm³/mol. The molecule has 1 fully saturated rings. The number of fused-ring (bicyclic) bond motifs is 1. The van der Waals surface area contributed by atoms with Crippen LogP contribution in [0.3, 0.4) is 0 Å². The number of hydrogen-bond acceptors (Lipinski definition) is 4. The molecule has 1 aliphatic rings. The van der Waals surface area contributed by atoms with Gasteiger partial charge in [0.2, 0.25) is 0 Å². The van der Waals surface area contributed by atoms with Gasteiger partial charge in [-0.05, 0) is 56.0 Å². The van der Waals surface area contributed by atoms with E-state index in [1.807, 2.05) is 7.05 Å². The number of rotatable bonds is 4. The summed E-state index contributed by atoms with van der Waals surface area (Å²) >= 11 is 0. The van der Waals surface area contributed by atoms with Crippen LogP contribution in [-0.2, 0) is 0 Å². The number of halogens is 1. The number of carbonyl (C=O) groups is 1. The Balaban J connectivity index is 1.81. The van der Waals surface area contributed by atoms with E-state index >= 15 is 0 Å². The Labute approximate surface area is 144 Å². The maximum atomic E-state index is 13.2. The minimum atomic E-state index is -0.319. The highest BCUT2D eigenvalue weighted by atomic mass is 19.1. The molecule has 0 atom stereocenters. The topological polar surface area (TPSA) is 59.2 Å². The van der Waals surface area contributed by atoms with Crippen LogP contribution < -0.4 is 0 Å². The van der Waals surface area contributed by atoms with Crippen molar-refractivity contribution < 1.29 is 13.7 Å². The van der Waals surface area contributed by atoms with Crippen molar-refractivity contribution in [1.82, 2.24) is 15.0 Å². The van der Waals surface area contributed by atoms with E-state index in [0.717, 1.165) is 12.1 Å². The zero-order valence-corrected chi connectivity index (χ0v) is 14.1. The number of carbonyl (C=O) groups excluding carboxylic acids is 1. The van der Waals surface area contributed by atoms with Gasteiger partial charge in [0.15, 0.2) is 0 Å². The van der Waals surface area contributed by atoms with Crippen LogP contribution in [0.1, 0.15) is 28.9 Å². The Kier molecular flexibility index (Phi) is 3.75. The lowest BCUT2D eigenvalue weighted by atomic mass is 10.0. The van der Waals surface area contributed by atoms with Crippen molar-refractivity contribution >= 4 is 17.0 Å². The van der Waals surface area contributed by atoms with E-state index in [9.17, 15) is 9.18 Å². The molecular weight excluding hydrogens is 321 g/mol. The molecule has 0 aliphatic heterocycles. The second kappa shape index (κ2) is 5.95. The highest BCUT2D eigenvalue weighted by Gasteiger charge is 2.27. The fourth-order valence-electron chi connectivity index (χ4n) is 3.01. The molecule has 2 aromatic heterocycles. The van der Waals surface area contributed by atoms with Crippen LogP contribution in [0.15, 0.2) is 34.9 Å². The molecule has 4 rings (SSSR count). The van der Waals surface area contributed by atoms with Gasteiger partial charge in [-0.3, -0.25) is 4.79 Å². The number of pyridine rings is 1. The second-order valence-corrected chi connectivity index (χ2v) is 6.64. The summed E-state index contributed by atoms with van der Waals surface area (Å²) in [6, 6.07) is 7.75. The number of aryl methyl sites for hydroxylation is 1. The molecule has 0 bridgehead atoms. The van der Waals surface area contributed by atoms with Crippen LogP contribution in [0.25, 0.3) is 22.4 Å². The number of benzene rings is 1. The van der Waals surface area contributed by atoms with Crippen molar-refractivity contribution in [2.75, 3.05) is 13.6 Å². The van der Waals surface area contributed by atoms with Crippen LogP contribution in [0, 0.1) is 18.7 Å². The zero-order chi connectivity index (χ0) is 17.6. The summed E-state index contributed by atoms with van der Waals surface area (Å²) in [5.74, 6) is 0.209. The minimum absolute atomic E-state index is 0.0750. The number of amides is 1. The second-order valence-electron chi connectivity index (χ2n) is 6.64. The summed E-state index contributed by atoms with van der Waals surface area (Å²) < 4.78 is 18.5. The quantitative estimate of drug-likeness (QED) is 0.725. The molecule has 1 saturated carbocycles. The van der Waals surface area contributed by atoms with Gasteiger partial charge in [-0.25, -0.2) is 9.37 Å². The van der Waals surface area contributed by atoms with Crippen molar-refractivity contribution in [2.24, 2.45) is 5.92 Å². The highest BCUT2D eigenvalue weighted by molar-refractivity contribution is 6.06. The van der Waals surface area contributed by atoms with Crippen LogP contribution >= 0.6 is 0 Å². The van der Waals surface area contributed by atoms with Gasteiger partial charge < -0.3 is 9.42 Å². The Morgan fingerprint density at radius 2 is 2.04 bits per heavy atom. The van der Waals surface area contributed by atoms with E-state index in [0.29, 0.717) is 34.0 Å². The third-order valence-corrected chi connectivity index (χ3v) is 4.56. The first-order valence-electron chi connectivity index (χ1n) is 8.31. The van der Waals surface area contributed by atoms with Gasteiger partial charge in [0.1, 0.15) is 5.82 Å². The average molecular weight is 339 g/mol. The monoisotopic (exact) mass is 339 g/mol. The Morgan fingerprint density at radius 1 is 1.32 bits per heavy atom. The summed E-state index contributed by atoms with van der Waals surface area (Å²) in [4.78, 5) is 19.2. The van der Waals surface area contributed by atoms with Crippen molar-refractivity contribution in [1.29, 1.82) is 0 Å². The zero-order valence-electron chi connectivity index (χ0n) is 14.1. The number of nitrogens with zero attached hydrogens (tertiary/aromatic N) is 3. The van der Waals surface area contributed by atoms with E-state index in [-0.39, 0.29) is 11.7 Å². The van der Waals surface area contributed by atoms with Crippen LogP contribution in [0.4, 0.5) is 4.39 Å². The van der Waals surface area contributed by atoms with Gasteiger partial charge in [0, 0.05) is 19.2 Å². The summed E-state index contributed by atoms with van der Waals surface area (Å²) in [5, 5.41) is 4.59. The van der Waals surface area contributed by atoms with Gasteiger partial charge >= 0.3 is 0 Å². The molecule has 25 heavy (non-hydrogen) atoms. The molecule has 2 heterocycles. The SMILES string of the molecule is Cc1noc2nc(-c3ccc(F)cc3)cc(C(=O)N(C)CC3CC3)c12. The molecule has 1 amide bonds. The maximum Gasteiger partial charge on any atom is 0.259 e. The van der Waals surface area contributed by atoms with Crippen LogP contribution in [0.5, 0.6) is 0 Å². The minimum Gasteiger partial charge on any atom is -0.341 e. The van der Waals surface area contributed by atoms with Crippen LogP contribution in [-0.4, -0.2) is 34.5 Å². The Morgan fingerprint density at radius 3 is 2.72 bits per heavy atom. The molecule has 3 aromatic rings. The Hall–Kier alpha value is -2.76. The molecular formula is C19H18FN3O2. The van der Waals surface area contributed by atoms with Gasteiger partial charge in [-0.15, -0.1) is 0 Å². The lowest BCUT2D eigenvalue weighted by Gasteiger charge is -2.17. The van der Waals surface area contributed by atoms with E-state index in [1.165, 1.54) is 25.0 Å². The summed E-state index contributed by atoms with van der Waals surface area (Å²) in [7, 11) is 1.81. The van der Waals surface area contributed by atoms with Crippen LogP contribution in [0.2, 0.25) is 0 Å². The summed E-state index contributed by atoms with van der Waals surface area (Å²) in [5.41, 5.74) is 2.76. The molecule has 0 radical (unpaired) electrons. The standard InChI is InChI=1S/C19H18FN3O2/c1-11-17-15(19(24)23(2)10-12-3-4-12)9-16(21-18(17)25-22-11)13-5-7-14(20)8-6-13/h5-9,12H,3-4,10H2,1-2H3. The van der Waals surface area contributed by atoms with Gasteiger partial charge in [-0.1, -0.05) is 5.16 Å². The first kappa shape index (κ1) is 15.7. The third kappa shape index (κ3) is 2.99. The predicted octanol–water partition coefficient (Wildman–Crippen LogP) is 3.82. The molecule has 0 N–H and O–H groups in total. The molecule has 128 valence electrons. The normalized spacial score (nSPS) is 14.0. The van der Waals surface area contributed by atoms with Crippen molar-refractivity contribution in [3.05, 3.63) is 47.4 Å². The fraction of sp³-hybridized carbons (Fsp3) is 0.316. The van der Waals surface area contributed by atoms with Gasteiger partial charge in [-0.2, -0.15) is 0 Å². The number of aromatic nitrogens is 2. The van der Waals surface area contributed by atoms with E-state index in [1.54, 1.807) is 30.0 Å². The van der Waals surface area contributed by atoms with E-state index in [2.05, 4.69) is 10.1 Å². The smallest absolute Gasteiger partial charge is 0.259 e. The van der Waals surface area contributed by atoms with Crippen molar-refractivity contribution in [3.63, 3.8) is 0 Å². The molecule has 1 aliphatic carbocycles. The molecule has 5 nitrogen and oxygen atoms in total. The lowest BCUT2D eigenvalue weighted by Crippen LogP contribution is -2.29. The van der Waals surface area contributed by atoms with E-state index < -0.39 is 0 Å². The van der Waals surface area contributed by atoms with E-state index in [4.69, 9.17) is 4.52 Å². The molecule has 0 saturated heterocycles. The van der Waals surface area contributed by atoms with Gasteiger partial charge in [0.05, 0.1) is 22.3 Å². The first-order valence-corrected chi connectivity index (χ1v) is 8.31. The highest BCUT2D eigenvalue weighted by Crippen LogP contribution is 2.31. The third-order valence-electron chi connectivity index (χ3n) is 4.56. The molecule has 0 unspecified atom stereocenters. The fourth-order valence-corrected chi connectivity index (χ4v) is 3.01.